The molecule has 0 radical (unpaired) electrons. The lowest BCUT2D eigenvalue weighted by Gasteiger charge is -2.25. The van der Waals surface area contributed by atoms with E-state index in [1.165, 1.54) is 29.6 Å². The van der Waals surface area contributed by atoms with Crippen LogP contribution in [-0.2, 0) is 4.74 Å². The fraction of sp³-hybridized carbons (Fsp3) is 0.348. The number of aromatic nitrogens is 1. The van der Waals surface area contributed by atoms with Crippen LogP contribution in [0.4, 0.5) is 10.1 Å². The lowest BCUT2D eigenvalue weighted by atomic mass is 9.93. The van der Waals surface area contributed by atoms with Crippen molar-refractivity contribution in [2.75, 3.05) is 18.9 Å². The van der Waals surface area contributed by atoms with Gasteiger partial charge in [-0.05, 0) is 61.7 Å². The Morgan fingerprint density at radius 3 is 2.39 bits per heavy atom. The number of aryl methyl sites for hydroxylation is 1. The normalized spacial score (nSPS) is 14.6. The molecule has 1 saturated heterocycles. The highest BCUT2D eigenvalue weighted by atomic mass is 19.1. The zero-order valence-corrected chi connectivity index (χ0v) is 16.8. The highest BCUT2D eigenvalue weighted by molar-refractivity contribution is 5.97. The summed E-state index contributed by atoms with van der Waals surface area (Å²) in [6.45, 7) is 7.63. The number of hydrogen-bond acceptors (Lipinski definition) is 3. The van der Waals surface area contributed by atoms with Crippen molar-refractivity contribution in [2.24, 2.45) is 0 Å². The number of hydrogen-bond donors (Lipinski definition) is 2. The topological polar surface area (TPSA) is 64.0 Å². The molecule has 0 spiro atoms. The van der Waals surface area contributed by atoms with Gasteiger partial charge in [-0.2, -0.15) is 0 Å². The average Bonchev–Trinajstić information content (AvgIpc) is 3.01. The van der Waals surface area contributed by atoms with Crippen LogP contribution in [0.5, 0.6) is 0 Å². The summed E-state index contributed by atoms with van der Waals surface area (Å²) in [5, 5.41) is 8.72. The van der Waals surface area contributed by atoms with Gasteiger partial charge in [0.15, 0.2) is 0 Å². The first-order chi connectivity index (χ1) is 13.6. The van der Waals surface area contributed by atoms with Gasteiger partial charge < -0.3 is 20.4 Å². The molecule has 1 aliphatic heterocycles. The van der Waals surface area contributed by atoms with Crippen molar-refractivity contribution in [2.45, 2.75) is 39.5 Å². The van der Waals surface area contributed by atoms with E-state index in [2.05, 4.69) is 11.5 Å². The number of rotatable bonds is 3. The second-order valence-electron chi connectivity index (χ2n) is 6.85. The summed E-state index contributed by atoms with van der Waals surface area (Å²) in [7, 11) is 0. The molecule has 5 heteroatoms. The second kappa shape index (κ2) is 8.57. The van der Waals surface area contributed by atoms with Crippen molar-refractivity contribution in [1.82, 2.24) is 4.57 Å². The summed E-state index contributed by atoms with van der Waals surface area (Å²) in [5.74, 6) is 0.129. The first-order valence-corrected chi connectivity index (χ1v) is 9.88. The lowest BCUT2D eigenvalue weighted by Crippen LogP contribution is -2.17. The summed E-state index contributed by atoms with van der Waals surface area (Å²) in [6, 6.07) is 10.5. The van der Waals surface area contributed by atoms with E-state index in [4.69, 9.17) is 15.9 Å². The minimum Gasteiger partial charge on any atom is -0.398 e. The number of anilines is 1. The third-order valence-electron chi connectivity index (χ3n) is 5.32. The van der Waals surface area contributed by atoms with Crippen molar-refractivity contribution in [1.29, 1.82) is 5.41 Å². The molecule has 28 heavy (non-hydrogen) atoms. The number of nitrogens with two attached hydrogens (primary N) is 1. The number of nitrogens with zero attached hydrogens (tertiary/aromatic N) is 1. The first-order valence-electron chi connectivity index (χ1n) is 9.88. The van der Waals surface area contributed by atoms with Gasteiger partial charge in [-0.3, -0.25) is 0 Å². The van der Waals surface area contributed by atoms with Gasteiger partial charge in [0.2, 0.25) is 0 Å². The maximum atomic E-state index is 13.5. The minimum absolute atomic E-state index is 0.251. The molecule has 0 unspecified atom stereocenters. The standard InChI is InChI=1S/C21H22FN3O.C2H6/c1-13-18-11-19(24)15(12-23)10-20(18)25(17-4-2-16(22)3-5-17)21(13)14-6-8-26-9-7-14;1-2/h2-5,10-12,14,23H,6-9,24H2,1H3;1-2H3. The second-order valence-corrected chi connectivity index (χ2v) is 6.85. The van der Waals surface area contributed by atoms with Crippen LogP contribution in [0, 0.1) is 18.2 Å². The van der Waals surface area contributed by atoms with Gasteiger partial charge in [-0.15, -0.1) is 0 Å². The molecule has 0 bridgehead atoms. The molecule has 3 aromatic rings. The van der Waals surface area contributed by atoms with Crippen molar-refractivity contribution < 1.29 is 9.13 Å². The van der Waals surface area contributed by atoms with Crippen molar-refractivity contribution >= 4 is 22.8 Å². The third kappa shape index (κ3) is 3.54. The molecule has 4 nitrogen and oxygen atoms in total. The summed E-state index contributed by atoms with van der Waals surface area (Å²) >= 11 is 0. The largest absolute Gasteiger partial charge is 0.398 e. The molecule has 148 valence electrons. The van der Waals surface area contributed by atoms with Crippen LogP contribution in [0.25, 0.3) is 16.6 Å². The number of benzene rings is 2. The van der Waals surface area contributed by atoms with Crippen molar-refractivity contribution in [3.63, 3.8) is 0 Å². The molecule has 0 atom stereocenters. The van der Waals surface area contributed by atoms with Gasteiger partial charge in [0.25, 0.3) is 0 Å². The molecule has 1 aliphatic rings. The maximum absolute atomic E-state index is 13.5. The summed E-state index contributed by atoms with van der Waals surface area (Å²) in [5.41, 5.74) is 11.8. The molecule has 2 heterocycles. The zero-order valence-electron chi connectivity index (χ0n) is 16.8. The van der Waals surface area contributed by atoms with Crippen LogP contribution in [0.15, 0.2) is 36.4 Å². The average molecular weight is 381 g/mol. The third-order valence-corrected chi connectivity index (χ3v) is 5.32. The Labute approximate surface area is 165 Å². The Morgan fingerprint density at radius 1 is 1.14 bits per heavy atom. The van der Waals surface area contributed by atoms with Gasteiger partial charge in [-0.1, -0.05) is 13.8 Å². The summed E-state index contributed by atoms with van der Waals surface area (Å²) in [4.78, 5) is 0. The molecule has 1 fully saturated rings. The highest BCUT2D eigenvalue weighted by Gasteiger charge is 2.25. The molecule has 0 amide bonds. The minimum atomic E-state index is -0.251. The van der Waals surface area contributed by atoms with E-state index >= 15 is 0 Å². The molecule has 0 saturated carbocycles. The fourth-order valence-electron chi connectivity index (χ4n) is 4.00. The number of fused-ring (bicyclic) bond motifs is 1. The van der Waals surface area contributed by atoms with Crippen LogP contribution in [0.2, 0.25) is 0 Å². The van der Waals surface area contributed by atoms with Gasteiger partial charge in [0.1, 0.15) is 5.82 Å². The van der Waals surface area contributed by atoms with Gasteiger partial charge in [-0.25, -0.2) is 4.39 Å². The molecule has 0 aliphatic carbocycles. The van der Waals surface area contributed by atoms with Gasteiger partial charge in [0, 0.05) is 53.4 Å². The van der Waals surface area contributed by atoms with E-state index in [1.54, 1.807) is 12.1 Å². The number of halogens is 1. The summed E-state index contributed by atoms with van der Waals surface area (Å²) in [6.07, 6.45) is 3.21. The van der Waals surface area contributed by atoms with Gasteiger partial charge in [0.05, 0.1) is 5.52 Å². The van der Waals surface area contributed by atoms with Crippen LogP contribution in [0.3, 0.4) is 0 Å². The first kappa shape index (κ1) is 20.1. The molecular weight excluding hydrogens is 353 g/mol. The molecule has 3 N–H and O–H groups in total. The van der Waals surface area contributed by atoms with E-state index < -0.39 is 0 Å². The van der Waals surface area contributed by atoms with Crippen molar-refractivity contribution in [3.8, 4) is 5.69 Å². The van der Waals surface area contributed by atoms with Crippen LogP contribution >= 0.6 is 0 Å². The van der Waals surface area contributed by atoms with Crippen LogP contribution in [-0.4, -0.2) is 24.0 Å². The van der Waals surface area contributed by atoms with Crippen molar-refractivity contribution in [3.05, 3.63) is 59.0 Å². The van der Waals surface area contributed by atoms with Crippen LogP contribution in [0.1, 0.15) is 49.4 Å². The van der Waals surface area contributed by atoms with Gasteiger partial charge >= 0.3 is 0 Å². The molecular formula is C23H28FN3O. The van der Waals surface area contributed by atoms with E-state index in [-0.39, 0.29) is 5.82 Å². The van der Waals surface area contributed by atoms with Crippen LogP contribution < -0.4 is 5.73 Å². The Morgan fingerprint density at radius 2 is 1.79 bits per heavy atom. The van der Waals surface area contributed by atoms with E-state index in [0.717, 1.165) is 42.6 Å². The Bertz CT molecular complexity index is 970. The zero-order chi connectivity index (χ0) is 20.3. The highest BCUT2D eigenvalue weighted by Crippen LogP contribution is 2.39. The number of nitrogens with one attached hydrogen (secondary N) is 1. The summed E-state index contributed by atoms with van der Waals surface area (Å²) < 4.78 is 21.2. The quantitative estimate of drug-likeness (QED) is 0.460. The molecule has 2 aromatic carbocycles. The number of nitrogen functional groups attached to an aromatic ring is 1. The van der Waals surface area contributed by atoms with E-state index in [9.17, 15) is 4.39 Å². The van der Waals surface area contributed by atoms with E-state index in [1.807, 2.05) is 26.0 Å². The number of ether oxygens (including phenoxy) is 1. The fourth-order valence-corrected chi connectivity index (χ4v) is 4.00. The maximum Gasteiger partial charge on any atom is 0.123 e. The molecule has 4 rings (SSSR count). The predicted molar refractivity (Wildman–Crippen MR) is 114 cm³/mol. The predicted octanol–water partition coefficient (Wildman–Crippen LogP) is 5.58. The Hall–Kier alpha value is -2.66. The lowest BCUT2D eigenvalue weighted by molar-refractivity contribution is 0.0841. The Kier molecular flexibility index (Phi) is 6.15. The Balaban J connectivity index is 0.00000109. The smallest absolute Gasteiger partial charge is 0.123 e. The SMILES string of the molecule is CC.Cc1c(C2CCOCC2)n(-c2ccc(F)cc2)c2cc(C=N)c(N)cc12. The monoisotopic (exact) mass is 381 g/mol. The van der Waals surface area contributed by atoms with E-state index in [0.29, 0.717) is 17.2 Å². The molecule has 1 aromatic heterocycles.